The van der Waals surface area contributed by atoms with E-state index in [-0.39, 0.29) is 18.4 Å². The van der Waals surface area contributed by atoms with Crippen LogP contribution in [0.15, 0.2) is 48.5 Å². The summed E-state index contributed by atoms with van der Waals surface area (Å²) < 4.78 is 10.6. The summed E-state index contributed by atoms with van der Waals surface area (Å²) in [7, 11) is 1.51. The number of nitrogens with zero attached hydrogens (tertiary/aromatic N) is 2. The lowest BCUT2D eigenvalue weighted by molar-refractivity contribution is -0.111. The zero-order chi connectivity index (χ0) is 22.1. The summed E-state index contributed by atoms with van der Waals surface area (Å²) in [6.07, 6.45) is 6.19. The molecule has 0 radical (unpaired) electrons. The second-order valence-corrected chi connectivity index (χ2v) is 7.08. The molecule has 1 aliphatic heterocycles. The summed E-state index contributed by atoms with van der Waals surface area (Å²) in [4.78, 5) is 27.2. The molecular formula is C24H25N3O4. The van der Waals surface area contributed by atoms with Crippen LogP contribution < -0.4 is 14.8 Å². The van der Waals surface area contributed by atoms with Crippen molar-refractivity contribution in [1.82, 2.24) is 4.90 Å². The van der Waals surface area contributed by atoms with Crippen molar-refractivity contribution in [2.75, 3.05) is 32.1 Å². The minimum Gasteiger partial charge on any atom is -0.493 e. The Morgan fingerprint density at radius 1 is 1.13 bits per heavy atom. The van der Waals surface area contributed by atoms with E-state index in [9.17, 15) is 9.59 Å². The molecule has 7 heteroatoms. The van der Waals surface area contributed by atoms with Crippen LogP contribution in [0.4, 0.5) is 5.69 Å². The van der Waals surface area contributed by atoms with Crippen LogP contribution in [-0.4, -0.2) is 43.5 Å². The summed E-state index contributed by atoms with van der Waals surface area (Å²) in [5, 5.41) is 11.4. The van der Waals surface area contributed by atoms with Crippen molar-refractivity contribution in [3.05, 3.63) is 59.7 Å². The quantitative estimate of drug-likeness (QED) is 0.688. The van der Waals surface area contributed by atoms with Gasteiger partial charge in [0.05, 0.1) is 18.4 Å². The maximum absolute atomic E-state index is 12.9. The molecule has 160 valence electrons. The number of anilines is 1. The summed E-state index contributed by atoms with van der Waals surface area (Å²) in [5.41, 5.74) is 1.71. The first-order valence-electron chi connectivity index (χ1n) is 10.2. The molecule has 0 spiro atoms. The first-order chi connectivity index (χ1) is 15.1. The molecular weight excluding hydrogens is 394 g/mol. The maximum atomic E-state index is 12.9. The zero-order valence-electron chi connectivity index (χ0n) is 17.5. The largest absolute Gasteiger partial charge is 0.493 e. The number of benzene rings is 2. The van der Waals surface area contributed by atoms with Crippen molar-refractivity contribution >= 4 is 23.6 Å². The second kappa shape index (κ2) is 10.8. The van der Waals surface area contributed by atoms with Gasteiger partial charge in [0, 0.05) is 19.2 Å². The minimum absolute atomic E-state index is 0.0581. The third-order valence-corrected chi connectivity index (χ3v) is 4.97. The van der Waals surface area contributed by atoms with E-state index in [0.717, 1.165) is 37.9 Å². The van der Waals surface area contributed by atoms with Gasteiger partial charge in [0.2, 0.25) is 5.91 Å². The highest BCUT2D eigenvalue weighted by Crippen LogP contribution is 2.28. The molecule has 7 nitrogen and oxygen atoms in total. The number of methoxy groups -OCH3 is 1. The fourth-order valence-electron chi connectivity index (χ4n) is 3.41. The fraction of sp³-hybridized carbons (Fsp3) is 0.292. The molecule has 1 heterocycles. The standard InChI is InChI=1S/C24H25N3O4/c1-30-22-17-18(9-11-21(22)31-16-13-25)10-12-23(28)26-20-8-4-3-7-19(20)24(29)27-14-5-2-6-15-27/h3-4,7-12,17H,2,5-6,14-16H2,1H3,(H,26,28)/b12-10+. The van der Waals surface area contributed by atoms with Crippen LogP contribution in [0.5, 0.6) is 11.5 Å². The Morgan fingerprint density at radius 3 is 2.65 bits per heavy atom. The Balaban J connectivity index is 1.69. The van der Waals surface area contributed by atoms with Gasteiger partial charge in [0.25, 0.3) is 5.91 Å². The van der Waals surface area contributed by atoms with E-state index in [2.05, 4.69) is 5.32 Å². The van der Waals surface area contributed by atoms with Gasteiger partial charge in [-0.3, -0.25) is 9.59 Å². The van der Waals surface area contributed by atoms with E-state index in [1.807, 2.05) is 11.0 Å². The van der Waals surface area contributed by atoms with Crippen molar-refractivity contribution in [2.45, 2.75) is 19.3 Å². The van der Waals surface area contributed by atoms with Gasteiger partial charge in [-0.15, -0.1) is 0 Å². The van der Waals surface area contributed by atoms with Crippen LogP contribution in [0, 0.1) is 11.3 Å². The van der Waals surface area contributed by atoms with Crippen molar-refractivity contribution in [3.8, 4) is 17.6 Å². The van der Waals surface area contributed by atoms with E-state index in [1.54, 1.807) is 48.5 Å². The first-order valence-corrected chi connectivity index (χ1v) is 10.2. The van der Waals surface area contributed by atoms with E-state index in [0.29, 0.717) is 22.7 Å². The average Bonchev–Trinajstić information content (AvgIpc) is 2.82. The summed E-state index contributed by atoms with van der Waals surface area (Å²) in [6.45, 7) is 1.41. The Labute approximate surface area is 181 Å². The van der Waals surface area contributed by atoms with Crippen LogP contribution >= 0.6 is 0 Å². The number of carbonyl (C=O) groups excluding carboxylic acids is 2. The van der Waals surface area contributed by atoms with Gasteiger partial charge in [0.15, 0.2) is 18.1 Å². The van der Waals surface area contributed by atoms with Crippen LogP contribution in [0.25, 0.3) is 6.08 Å². The summed E-state index contributed by atoms with van der Waals surface area (Å²) >= 11 is 0. The summed E-state index contributed by atoms with van der Waals surface area (Å²) in [6, 6.07) is 14.1. The highest BCUT2D eigenvalue weighted by Gasteiger charge is 2.20. The second-order valence-electron chi connectivity index (χ2n) is 7.08. The molecule has 1 saturated heterocycles. The molecule has 31 heavy (non-hydrogen) atoms. The SMILES string of the molecule is COc1cc(/C=C/C(=O)Nc2ccccc2C(=O)N2CCCCC2)ccc1OCC#N. The molecule has 0 saturated carbocycles. The number of amides is 2. The number of ether oxygens (including phenoxy) is 2. The van der Waals surface area contributed by atoms with Crippen molar-refractivity contribution in [1.29, 1.82) is 5.26 Å². The van der Waals surface area contributed by atoms with Gasteiger partial charge in [-0.05, 0) is 55.2 Å². The first kappa shape index (κ1) is 21.9. The molecule has 0 aromatic heterocycles. The zero-order valence-corrected chi connectivity index (χ0v) is 17.5. The van der Waals surface area contributed by atoms with Crippen LogP contribution in [0.2, 0.25) is 0 Å². The molecule has 0 unspecified atom stereocenters. The number of likely N-dealkylation sites (tertiary alicyclic amines) is 1. The van der Waals surface area contributed by atoms with Crippen molar-refractivity contribution in [3.63, 3.8) is 0 Å². The average molecular weight is 419 g/mol. The van der Waals surface area contributed by atoms with E-state index in [1.165, 1.54) is 13.2 Å². The third kappa shape index (κ3) is 5.86. The van der Waals surface area contributed by atoms with Crippen LogP contribution in [-0.2, 0) is 4.79 Å². The van der Waals surface area contributed by atoms with E-state index in [4.69, 9.17) is 14.7 Å². The lowest BCUT2D eigenvalue weighted by atomic mass is 10.1. The smallest absolute Gasteiger partial charge is 0.255 e. The van der Waals surface area contributed by atoms with Crippen LogP contribution in [0.3, 0.4) is 0 Å². The Kier molecular flexibility index (Phi) is 7.66. The highest BCUT2D eigenvalue weighted by molar-refractivity contribution is 6.07. The number of nitriles is 1. The number of hydrogen-bond donors (Lipinski definition) is 1. The predicted molar refractivity (Wildman–Crippen MR) is 118 cm³/mol. The van der Waals surface area contributed by atoms with E-state index >= 15 is 0 Å². The Hall–Kier alpha value is -3.79. The number of rotatable bonds is 7. The van der Waals surface area contributed by atoms with Gasteiger partial charge in [0.1, 0.15) is 6.07 Å². The Morgan fingerprint density at radius 2 is 1.90 bits per heavy atom. The van der Waals surface area contributed by atoms with Gasteiger partial charge in [-0.25, -0.2) is 0 Å². The lowest BCUT2D eigenvalue weighted by Gasteiger charge is -2.27. The molecule has 2 amide bonds. The van der Waals surface area contributed by atoms with Gasteiger partial charge in [-0.1, -0.05) is 18.2 Å². The van der Waals surface area contributed by atoms with Crippen molar-refractivity contribution in [2.24, 2.45) is 0 Å². The molecule has 1 fully saturated rings. The fourth-order valence-corrected chi connectivity index (χ4v) is 3.41. The molecule has 1 N–H and O–H groups in total. The monoisotopic (exact) mass is 419 g/mol. The Bertz CT molecular complexity index is 1000. The third-order valence-electron chi connectivity index (χ3n) is 4.97. The summed E-state index contributed by atoms with van der Waals surface area (Å²) in [5.74, 6) is 0.519. The van der Waals surface area contributed by atoms with Crippen LogP contribution in [0.1, 0.15) is 35.2 Å². The number of para-hydroxylation sites is 1. The molecule has 2 aromatic rings. The number of hydrogen-bond acceptors (Lipinski definition) is 5. The van der Waals surface area contributed by atoms with Gasteiger partial charge >= 0.3 is 0 Å². The minimum atomic E-state index is -0.345. The topological polar surface area (TPSA) is 91.7 Å². The molecule has 1 aliphatic rings. The number of piperidine rings is 1. The molecule has 2 aromatic carbocycles. The van der Waals surface area contributed by atoms with Gasteiger partial charge < -0.3 is 19.7 Å². The normalized spacial score (nSPS) is 13.5. The lowest BCUT2D eigenvalue weighted by Crippen LogP contribution is -2.36. The molecule has 0 atom stereocenters. The highest BCUT2D eigenvalue weighted by atomic mass is 16.5. The maximum Gasteiger partial charge on any atom is 0.255 e. The van der Waals surface area contributed by atoms with Gasteiger partial charge in [-0.2, -0.15) is 5.26 Å². The number of carbonyl (C=O) groups is 2. The molecule has 0 aliphatic carbocycles. The molecule has 3 rings (SSSR count). The van der Waals surface area contributed by atoms with Crippen molar-refractivity contribution < 1.29 is 19.1 Å². The molecule has 0 bridgehead atoms. The van der Waals surface area contributed by atoms with E-state index < -0.39 is 0 Å². The number of nitrogens with one attached hydrogen (secondary N) is 1. The predicted octanol–water partition coefficient (Wildman–Crippen LogP) is 3.88.